The van der Waals surface area contributed by atoms with E-state index in [1.807, 2.05) is 0 Å². The van der Waals surface area contributed by atoms with E-state index in [2.05, 4.69) is 10.3 Å². The van der Waals surface area contributed by atoms with Crippen LogP contribution in [0.3, 0.4) is 0 Å². The van der Waals surface area contributed by atoms with Gasteiger partial charge in [-0.25, -0.2) is 0 Å². The minimum atomic E-state index is -0.548. The third kappa shape index (κ3) is 6.85. The zero-order chi connectivity index (χ0) is 15.5. The van der Waals surface area contributed by atoms with Crippen molar-refractivity contribution in [2.24, 2.45) is 5.73 Å². The number of amides is 1. The fraction of sp³-hybridized carbons (Fsp3) is 0.533. The number of carbonyl (C=O) groups excluding carboxylic acids is 2. The van der Waals surface area contributed by atoms with Crippen LogP contribution in [0, 0.1) is 0 Å². The lowest BCUT2D eigenvalue weighted by atomic mass is 10.1. The van der Waals surface area contributed by atoms with Crippen LogP contribution in [0.4, 0.5) is 0 Å². The highest BCUT2D eigenvalue weighted by atomic mass is 16.5. The number of nitrogens with two attached hydrogens (primary N) is 1. The van der Waals surface area contributed by atoms with Gasteiger partial charge in [-0.3, -0.25) is 14.6 Å². The maximum absolute atomic E-state index is 11.7. The van der Waals surface area contributed by atoms with Gasteiger partial charge in [0.05, 0.1) is 6.61 Å². The van der Waals surface area contributed by atoms with Gasteiger partial charge in [-0.2, -0.15) is 0 Å². The molecule has 1 rings (SSSR count). The van der Waals surface area contributed by atoms with Crippen molar-refractivity contribution in [1.82, 2.24) is 10.3 Å². The quantitative estimate of drug-likeness (QED) is 0.528. The summed E-state index contributed by atoms with van der Waals surface area (Å²) >= 11 is 0. The highest BCUT2D eigenvalue weighted by Gasteiger charge is 2.13. The molecule has 1 amide bonds. The van der Waals surface area contributed by atoms with Crippen molar-refractivity contribution in [3.05, 3.63) is 30.1 Å². The molecular weight excluding hydrogens is 270 g/mol. The van der Waals surface area contributed by atoms with Gasteiger partial charge in [0.2, 0.25) is 0 Å². The SMILES string of the molecule is CCOC(=O)C(N)CCCCCNC(=O)c1ccccn1. The number of nitrogens with one attached hydrogen (secondary N) is 1. The molecule has 0 aliphatic carbocycles. The molecule has 0 aliphatic rings. The highest BCUT2D eigenvalue weighted by Crippen LogP contribution is 2.03. The van der Waals surface area contributed by atoms with Gasteiger partial charge < -0.3 is 15.8 Å². The summed E-state index contributed by atoms with van der Waals surface area (Å²) in [4.78, 5) is 27.0. The third-order valence-corrected chi connectivity index (χ3v) is 2.96. The van der Waals surface area contributed by atoms with Crippen LogP contribution in [0.25, 0.3) is 0 Å². The first-order valence-corrected chi connectivity index (χ1v) is 7.26. The normalized spacial score (nSPS) is 11.7. The van der Waals surface area contributed by atoms with Crippen molar-refractivity contribution in [3.63, 3.8) is 0 Å². The Balaban J connectivity index is 2.07. The molecule has 0 aliphatic heterocycles. The maximum atomic E-state index is 11.7. The molecule has 1 atom stereocenters. The number of esters is 1. The van der Waals surface area contributed by atoms with Crippen molar-refractivity contribution in [2.75, 3.05) is 13.2 Å². The van der Waals surface area contributed by atoms with Gasteiger partial charge in [-0.15, -0.1) is 0 Å². The van der Waals surface area contributed by atoms with E-state index in [9.17, 15) is 9.59 Å². The Kier molecular flexibility index (Phi) is 8.04. The second-order valence-electron chi connectivity index (χ2n) is 4.68. The van der Waals surface area contributed by atoms with Gasteiger partial charge in [0, 0.05) is 12.7 Å². The minimum absolute atomic E-state index is 0.168. The Morgan fingerprint density at radius 2 is 2.14 bits per heavy atom. The Morgan fingerprint density at radius 3 is 2.81 bits per heavy atom. The van der Waals surface area contributed by atoms with Crippen molar-refractivity contribution in [2.45, 2.75) is 38.6 Å². The number of aromatic nitrogens is 1. The van der Waals surface area contributed by atoms with Crippen LogP contribution < -0.4 is 11.1 Å². The highest BCUT2D eigenvalue weighted by molar-refractivity contribution is 5.92. The summed E-state index contributed by atoms with van der Waals surface area (Å²) in [6, 6.07) is 4.67. The molecule has 3 N–H and O–H groups in total. The first-order valence-electron chi connectivity index (χ1n) is 7.26. The number of nitrogens with zero attached hydrogens (tertiary/aromatic N) is 1. The summed E-state index contributed by atoms with van der Waals surface area (Å²) in [5.74, 6) is -0.514. The van der Waals surface area contributed by atoms with Crippen LogP contribution >= 0.6 is 0 Å². The number of ether oxygens (including phenoxy) is 1. The molecule has 0 radical (unpaired) electrons. The molecule has 6 nitrogen and oxygen atoms in total. The average Bonchev–Trinajstić information content (AvgIpc) is 2.51. The van der Waals surface area contributed by atoms with Gasteiger partial charge in [0.1, 0.15) is 11.7 Å². The molecule has 0 saturated carbocycles. The van der Waals surface area contributed by atoms with Gasteiger partial charge in [0.25, 0.3) is 5.91 Å². The standard InChI is InChI=1S/C15H23N3O3/c1-2-21-15(20)12(16)8-4-3-6-11-18-14(19)13-9-5-7-10-17-13/h5,7,9-10,12H,2-4,6,8,11,16H2,1H3,(H,18,19). The van der Waals surface area contributed by atoms with E-state index in [1.54, 1.807) is 31.3 Å². The molecule has 0 aromatic carbocycles. The van der Waals surface area contributed by atoms with Crippen LogP contribution in [-0.4, -0.2) is 36.1 Å². The molecule has 1 unspecified atom stereocenters. The third-order valence-electron chi connectivity index (χ3n) is 2.96. The second kappa shape index (κ2) is 9.88. The molecule has 6 heteroatoms. The van der Waals surface area contributed by atoms with Crippen molar-refractivity contribution >= 4 is 11.9 Å². The maximum Gasteiger partial charge on any atom is 0.322 e. The molecule has 1 heterocycles. The molecule has 0 fully saturated rings. The molecule has 116 valence electrons. The lowest BCUT2D eigenvalue weighted by Gasteiger charge is -2.10. The summed E-state index contributed by atoms with van der Waals surface area (Å²) in [5.41, 5.74) is 6.11. The van der Waals surface area contributed by atoms with E-state index < -0.39 is 6.04 Å². The van der Waals surface area contributed by atoms with E-state index in [4.69, 9.17) is 10.5 Å². The average molecular weight is 293 g/mol. The zero-order valence-electron chi connectivity index (χ0n) is 12.4. The van der Waals surface area contributed by atoms with Crippen LogP contribution in [-0.2, 0) is 9.53 Å². The first kappa shape index (κ1) is 17.1. The molecule has 1 aromatic rings. The van der Waals surface area contributed by atoms with Crippen molar-refractivity contribution < 1.29 is 14.3 Å². The first-order chi connectivity index (χ1) is 10.1. The van der Waals surface area contributed by atoms with Crippen LogP contribution in [0.15, 0.2) is 24.4 Å². The molecule has 21 heavy (non-hydrogen) atoms. The molecular formula is C15H23N3O3. The second-order valence-corrected chi connectivity index (χ2v) is 4.68. The Labute approximate surface area is 125 Å². The monoisotopic (exact) mass is 293 g/mol. The fourth-order valence-electron chi connectivity index (χ4n) is 1.82. The number of pyridine rings is 1. The number of unbranched alkanes of at least 4 members (excludes halogenated alkanes) is 2. The van der Waals surface area contributed by atoms with Gasteiger partial charge in [-0.05, 0) is 31.9 Å². The van der Waals surface area contributed by atoms with Gasteiger partial charge in [0.15, 0.2) is 0 Å². The summed E-state index contributed by atoms with van der Waals surface area (Å²) in [6.07, 6.45) is 4.77. The molecule has 0 bridgehead atoms. The Bertz CT molecular complexity index is 437. The van der Waals surface area contributed by atoms with Crippen LogP contribution in [0.2, 0.25) is 0 Å². The van der Waals surface area contributed by atoms with E-state index in [0.717, 1.165) is 19.3 Å². The van der Waals surface area contributed by atoms with Crippen LogP contribution in [0.1, 0.15) is 43.1 Å². The zero-order valence-corrected chi connectivity index (χ0v) is 12.4. The smallest absolute Gasteiger partial charge is 0.322 e. The summed E-state index contributed by atoms with van der Waals surface area (Å²) in [5, 5.41) is 2.81. The predicted octanol–water partition coefficient (Wildman–Crippen LogP) is 1.26. The van der Waals surface area contributed by atoms with E-state index in [-0.39, 0.29) is 11.9 Å². The number of rotatable bonds is 9. The van der Waals surface area contributed by atoms with E-state index in [0.29, 0.717) is 25.3 Å². The van der Waals surface area contributed by atoms with E-state index >= 15 is 0 Å². The van der Waals surface area contributed by atoms with Crippen LogP contribution in [0.5, 0.6) is 0 Å². The molecule has 0 saturated heterocycles. The topological polar surface area (TPSA) is 94.3 Å². The lowest BCUT2D eigenvalue weighted by Crippen LogP contribution is -2.32. The van der Waals surface area contributed by atoms with E-state index in [1.165, 1.54) is 0 Å². The summed E-state index contributed by atoms with van der Waals surface area (Å²) < 4.78 is 4.83. The molecule has 0 spiro atoms. The minimum Gasteiger partial charge on any atom is -0.465 e. The number of hydrogen-bond acceptors (Lipinski definition) is 5. The summed E-state index contributed by atoms with van der Waals surface area (Å²) in [7, 11) is 0. The van der Waals surface area contributed by atoms with Crippen molar-refractivity contribution in [3.8, 4) is 0 Å². The van der Waals surface area contributed by atoms with Gasteiger partial charge >= 0.3 is 5.97 Å². The molecule has 1 aromatic heterocycles. The van der Waals surface area contributed by atoms with Gasteiger partial charge in [-0.1, -0.05) is 18.9 Å². The van der Waals surface area contributed by atoms with Crippen molar-refractivity contribution in [1.29, 1.82) is 0 Å². The lowest BCUT2D eigenvalue weighted by molar-refractivity contribution is -0.144. The number of hydrogen-bond donors (Lipinski definition) is 2. The Morgan fingerprint density at radius 1 is 1.33 bits per heavy atom. The predicted molar refractivity (Wildman–Crippen MR) is 79.6 cm³/mol. The largest absolute Gasteiger partial charge is 0.465 e. The number of carbonyl (C=O) groups is 2. The summed E-state index contributed by atoms with van der Waals surface area (Å²) in [6.45, 7) is 2.70. The fourth-order valence-corrected chi connectivity index (χ4v) is 1.82. The Hall–Kier alpha value is -1.95.